The van der Waals surface area contributed by atoms with E-state index in [9.17, 15) is 0 Å². The van der Waals surface area contributed by atoms with Crippen molar-refractivity contribution in [3.05, 3.63) is 66.9 Å². The molecule has 0 aliphatic rings. The molecule has 0 bridgehead atoms. The zero-order valence-corrected chi connectivity index (χ0v) is 15.3. The second kappa shape index (κ2) is 7.17. The van der Waals surface area contributed by atoms with Crippen molar-refractivity contribution in [2.75, 3.05) is 11.6 Å². The Labute approximate surface area is 155 Å². The molecule has 1 unspecified atom stereocenters. The number of nitrogens with one attached hydrogen (secondary N) is 1. The molecule has 1 N–H and O–H groups in total. The summed E-state index contributed by atoms with van der Waals surface area (Å²) in [5, 5.41) is 4.39. The molecule has 4 rings (SSSR count). The van der Waals surface area contributed by atoms with Crippen molar-refractivity contribution in [2.45, 2.75) is 17.9 Å². The van der Waals surface area contributed by atoms with Gasteiger partial charge in [-0.15, -0.1) is 11.8 Å². The van der Waals surface area contributed by atoms with Gasteiger partial charge in [0.2, 0.25) is 5.89 Å². The Hall–Kier alpha value is -2.86. The smallest absolute Gasteiger partial charge is 0.217 e. The Morgan fingerprint density at radius 3 is 2.69 bits per heavy atom. The summed E-state index contributed by atoms with van der Waals surface area (Å²) in [4.78, 5) is 14.4. The van der Waals surface area contributed by atoms with Gasteiger partial charge < -0.3 is 9.73 Å². The summed E-state index contributed by atoms with van der Waals surface area (Å²) in [6.07, 6.45) is 5.38. The lowest BCUT2D eigenvalue weighted by atomic mass is 10.2. The second-order valence-electron chi connectivity index (χ2n) is 5.90. The van der Waals surface area contributed by atoms with Gasteiger partial charge in [-0.2, -0.15) is 0 Å². The number of hydrogen-bond donors (Lipinski definition) is 1. The molecule has 0 saturated heterocycles. The Balaban J connectivity index is 1.62. The molecule has 0 saturated carbocycles. The second-order valence-corrected chi connectivity index (χ2v) is 6.78. The molecule has 0 spiro atoms. The number of thioether (sulfide) groups is 1. The summed E-state index contributed by atoms with van der Waals surface area (Å²) in [5.74, 6) is 2.15. The zero-order chi connectivity index (χ0) is 17.9. The lowest BCUT2D eigenvalue weighted by Crippen LogP contribution is -2.09. The summed E-state index contributed by atoms with van der Waals surface area (Å²) in [7, 11) is 0. The molecule has 2 heterocycles. The van der Waals surface area contributed by atoms with E-state index < -0.39 is 0 Å². The van der Waals surface area contributed by atoms with Crippen molar-refractivity contribution in [1.29, 1.82) is 0 Å². The number of hydrogen-bond acceptors (Lipinski definition) is 6. The third-order valence-corrected chi connectivity index (χ3v) is 4.87. The predicted molar refractivity (Wildman–Crippen MR) is 105 cm³/mol. The number of oxazole rings is 1. The summed E-state index contributed by atoms with van der Waals surface area (Å²) < 4.78 is 5.94. The molecule has 0 aliphatic heterocycles. The number of benzene rings is 2. The molecule has 26 heavy (non-hydrogen) atoms. The van der Waals surface area contributed by atoms with Crippen LogP contribution in [-0.2, 0) is 0 Å². The Kier molecular flexibility index (Phi) is 4.58. The van der Waals surface area contributed by atoms with Gasteiger partial charge in [0.15, 0.2) is 5.76 Å². The number of anilines is 1. The fourth-order valence-electron chi connectivity index (χ4n) is 2.77. The average molecular weight is 362 g/mol. The third kappa shape index (κ3) is 3.28. The number of nitrogens with zero attached hydrogens (tertiary/aromatic N) is 3. The van der Waals surface area contributed by atoms with Crippen LogP contribution in [0.25, 0.3) is 22.2 Å². The number of rotatable bonds is 5. The van der Waals surface area contributed by atoms with E-state index >= 15 is 0 Å². The molecule has 6 heteroatoms. The molecule has 0 fully saturated rings. The van der Waals surface area contributed by atoms with Crippen LogP contribution in [0.2, 0.25) is 0 Å². The van der Waals surface area contributed by atoms with Gasteiger partial charge in [-0.1, -0.05) is 30.3 Å². The molecule has 4 aromatic rings. The van der Waals surface area contributed by atoms with Crippen LogP contribution in [-0.4, -0.2) is 21.2 Å². The highest BCUT2D eigenvalue weighted by molar-refractivity contribution is 7.98. The molecule has 0 amide bonds. The van der Waals surface area contributed by atoms with Crippen molar-refractivity contribution in [2.24, 2.45) is 0 Å². The van der Waals surface area contributed by atoms with Gasteiger partial charge in [0.25, 0.3) is 0 Å². The molecule has 5 nitrogen and oxygen atoms in total. The molecular weight excluding hydrogens is 344 g/mol. The van der Waals surface area contributed by atoms with Crippen LogP contribution in [0.15, 0.2) is 70.4 Å². The summed E-state index contributed by atoms with van der Waals surface area (Å²) in [6, 6.07) is 16.0. The Morgan fingerprint density at radius 1 is 1.04 bits per heavy atom. The first-order valence-electron chi connectivity index (χ1n) is 8.31. The van der Waals surface area contributed by atoms with Gasteiger partial charge >= 0.3 is 0 Å². The molecule has 2 aromatic carbocycles. The SMILES string of the molecule is CSc1ccc2ncnc(NC(C)c3ncc(-c4ccccc4)o3)c2c1. The molecule has 130 valence electrons. The molecule has 2 aromatic heterocycles. The lowest BCUT2D eigenvalue weighted by Gasteiger charge is -2.13. The van der Waals surface area contributed by atoms with Crippen LogP contribution < -0.4 is 5.32 Å². The lowest BCUT2D eigenvalue weighted by molar-refractivity contribution is 0.485. The van der Waals surface area contributed by atoms with E-state index in [-0.39, 0.29) is 6.04 Å². The van der Waals surface area contributed by atoms with Crippen molar-refractivity contribution in [3.63, 3.8) is 0 Å². The van der Waals surface area contributed by atoms with Gasteiger partial charge in [-0.05, 0) is 31.4 Å². The van der Waals surface area contributed by atoms with E-state index in [2.05, 4.69) is 38.7 Å². The Morgan fingerprint density at radius 2 is 1.88 bits per heavy atom. The van der Waals surface area contributed by atoms with Crippen molar-refractivity contribution in [3.8, 4) is 11.3 Å². The minimum Gasteiger partial charge on any atom is -0.438 e. The highest BCUT2D eigenvalue weighted by Crippen LogP contribution is 2.28. The van der Waals surface area contributed by atoms with Gasteiger partial charge in [-0.3, -0.25) is 0 Å². The summed E-state index contributed by atoms with van der Waals surface area (Å²) in [5.41, 5.74) is 1.92. The van der Waals surface area contributed by atoms with Crippen LogP contribution in [0.4, 0.5) is 5.82 Å². The quantitative estimate of drug-likeness (QED) is 0.494. The van der Waals surface area contributed by atoms with Gasteiger partial charge in [-0.25, -0.2) is 15.0 Å². The van der Waals surface area contributed by atoms with Crippen molar-refractivity contribution < 1.29 is 4.42 Å². The third-order valence-electron chi connectivity index (χ3n) is 4.15. The van der Waals surface area contributed by atoms with E-state index in [0.29, 0.717) is 5.89 Å². The number of fused-ring (bicyclic) bond motifs is 1. The zero-order valence-electron chi connectivity index (χ0n) is 14.5. The van der Waals surface area contributed by atoms with Crippen LogP contribution in [0.3, 0.4) is 0 Å². The fraction of sp³-hybridized carbons (Fsp3) is 0.150. The average Bonchev–Trinajstić information content (AvgIpc) is 3.19. The minimum absolute atomic E-state index is 0.122. The van der Waals surface area contributed by atoms with E-state index in [4.69, 9.17) is 4.42 Å². The molecule has 0 aliphatic carbocycles. The summed E-state index contributed by atoms with van der Waals surface area (Å²) in [6.45, 7) is 2.01. The highest BCUT2D eigenvalue weighted by Gasteiger charge is 2.15. The van der Waals surface area contributed by atoms with Crippen molar-refractivity contribution in [1.82, 2.24) is 15.0 Å². The normalized spacial score (nSPS) is 12.2. The topological polar surface area (TPSA) is 63.8 Å². The van der Waals surface area contributed by atoms with Crippen LogP contribution in [0.1, 0.15) is 18.9 Å². The van der Waals surface area contributed by atoms with Crippen LogP contribution >= 0.6 is 11.8 Å². The fourth-order valence-corrected chi connectivity index (χ4v) is 3.21. The molecular formula is C20H18N4OS. The minimum atomic E-state index is -0.122. The van der Waals surface area contributed by atoms with Crippen molar-refractivity contribution >= 4 is 28.5 Å². The van der Waals surface area contributed by atoms with E-state index in [1.807, 2.05) is 43.3 Å². The van der Waals surface area contributed by atoms with Crippen LogP contribution in [0, 0.1) is 0 Å². The van der Waals surface area contributed by atoms with Gasteiger partial charge in [0, 0.05) is 15.8 Å². The maximum atomic E-state index is 5.94. The maximum absolute atomic E-state index is 5.94. The van der Waals surface area contributed by atoms with E-state index in [0.717, 1.165) is 28.0 Å². The standard InChI is InChI=1S/C20H18N4OS/c1-13(20-21-11-18(25-20)14-6-4-3-5-7-14)24-19-16-10-15(26-2)8-9-17(16)22-12-23-19/h3-13H,1-2H3,(H,22,23,24). The molecule has 0 radical (unpaired) electrons. The van der Waals surface area contributed by atoms with Gasteiger partial charge in [0.1, 0.15) is 18.2 Å². The Bertz CT molecular complexity index is 1030. The first-order chi connectivity index (χ1) is 12.7. The summed E-state index contributed by atoms with van der Waals surface area (Å²) >= 11 is 1.69. The molecule has 1 atom stereocenters. The largest absolute Gasteiger partial charge is 0.438 e. The predicted octanol–water partition coefficient (Wildman–Crippen LogP) is 5.18. The van der Waals surface area contributed by atoms with E-state index in [1.54, 1.807) is 24.3 Å². The van der Waals surface area contributed by atoms with Gasteiger partial charge in [0.05, 0.1) is 11.7 Å². The number of aromatic nitrogens is 3. The monoisotopic (exact) mass is 362 g/mol. The highest BCUT2D eigenvalue weighted by atomic mass is 32.2. The first-order valence-corrected chi connectivity index (χ1v) is 9.53. The first kappa shape index (κ1) is 16.6. The maximum Gasteiger partial charge on any atom is 0.217 e. The van der Waals surface area contributed by atoms with Crippen LogP contribution in [0.5, 0.6) is 0 Å². The van der Waals surface area contributed by atoms with E-state index in [1.165, 1.54) is 4.90 Å².